The number of sulfonamides is 1. The molecule has 1 saturated carbocycles. The second kappa shape index (κ2) is 14.9. The molecule has 1 aliphatic heterocycles. The van der Waals surface area contributed by atoms with Gasteiger partial charge < -0.3 is 18.9 Å². The van der Waals surface area contributed by atoms with Crippen molar-refractivity contribution < 1.29 is 40.9 Å². The fraction of sp³-hybridized carbons (Fsp3) is 0.419. The van der Waals surface area contributed by atoms with Crippen LogP contribution in [-0.2, 0) is 26.0 Å². The molecule has 1 aromatic heterocycles. The molecule has 0 amide bonds. The molecule has 2 aliphatic rings. The predicted octanol–water partition coefficient (Wildman–Crippen LogP) is 6.73. The zero-order chi connectivity index (χ0) is 33.0. The molecule has 0 bridgehead atoms. The van der Waals surface area contributed by atoms with E-state index < -0.39 is 33.9 Å². The molecule has 3 aromatic rings. The first-order valence-corrected chi connectivity index (χ1v) is 17.7. The molecule has 0 unspecified atom stereocenters. The molecule has 2 heterocycles. The molecule has 5 rings (SSSR count). The highest BCUT2D eigenvalue weighted by Crippen LogP contribution is 2.39. The van der Waals surface area contributed by atoms with Gasteiger partial charge in [-0.05, 0) is 73.1 Å². The van der Waals surface area contributed by atoms with E-state index in [1.54, 1.807) is 24.3 Å². The minimum absolute atomic E-state index is 0.0504. The number of carbonyl (C=O) groups excluding carboxylic acids is 1. The minimum atomic E-state index is -4.12. The van der Waals surface area contributed by atoms with E-state index in [1.807, 2.05) is 6.92 Å². The number of aromatic nitrogens is 1. The number of hydrogen-bond donors (Lipinski definition) is 0. The Morgan fingerprint density at radius 1 is 1.09 bits per heavy atom. The number of hydrogen-bond acceptors (Lipinski definition) is 9. The summed E-state index contributed by atoms with van der Waals surface area (Å²) in [6.07, 6.45) is 5.04. The SMILES string of the molecule is COc1cc(C)ccc1S(=O)(=O)N1CCS[C@H]1C(=O)OC[C@@H](Cc1c(Cl)cncc1Cl)c1ccc(OC(F)F)c(OCC2CC2)c1. The third-order valence-corrected chi connectivity index (χ3v) is 11.5. The van der Waals surface area contributed by atoms with Crippen molar-refractivity contribution in [1.29, 1.82) is 0 Å². The van der Waals surface area contributed by atoms with E-state index in [-0.39, 0.29) is 41.7 Å². The molecule has 9 nitrogen and oxygen atoms in total. The number of thioether (sulfide) groups is 1. The van der Waals surface area contributed by atoms with E-state index in [0.717, 1.165) is 34.5 Å². The third kappa shape index (κ3) is 8.17. The first kappa shape index (κ1) is 34.5. The molecule has 0 spiro atoms. The zero-order valence-electron chi connectivity index (χ0n) is 25.0. The van der Waals surface area contributed by atoms with Crippen molar-refractivity contribution in [2.75, 3.05) is 32.6 Å². The molecule has 46 heavy (non-hydrogen) atoms. The van der Waals surface area contributed by atoms with Crippen LogP contribution in [0.2, 0.25) is 10.0 Å². The van der Waals surface area contributed by atoms with Gasteiger partial charge in [-0.3, -0.25) is 4.98 Å². The van der Waals surface area contributed by atoms with Crippen molar-refractivity contribution in [1.82, 2.24) is 9.29 Å². The number of pyridine rings is 1. The molecule has 0 N–H and O–H groups in total. The number of nitrogens with zero attached hydrogens (tertiary/aromatic N) is 2. The molecule has 1 saturated heterocycles. The maximum absolute atomic E-state index is 13.7. The number of aryl methyl sites for hydroxylation is 1. The van der Waals surface area contributed by atoms with Gasteiger partial charge in [0.1, 0.15) is 10.6 Å². The maximum Gasteiger partial charge on any atom is 0.387 e. The van der Waals surface area contributed by atoms with Gasteiger partial charge in [0.2, 0.25) is 10.0 Å². The van der Waals surface area contributed by atoms with Crippen LogP contribution in [0.15, 0.2) is 53.7 Å². The summed E-state index contributed by atoms with van der Waals surface area (Å²) in [5.41, 5.74) is 1.94. The van der Waals surface area contributed by atoms with Crippen LogP contribution >= 0.6 is 35.0 Å². The predicted molar refractivity (Wildman–Crippen MR) is 171 cm³/mol. The minimum Gasteiger partial charge on any atom is -0.495 e. The van der Waals surface area contributed by atoms with E-state index >= 15 is 0 Å². The maximum atomic E-state index is 13.7. The Hall–Kier alpha value is -2.84. The average Bonchev–Trinajstić information content (AvgIpc) is 3.71. The first-order valence-electron chi connectivity index (χ1n) is 14.4. The smallest absolute Gasteiger partial charge is 0.387 e. The number of rotatable bonds is 14. The number of benzene rings is 2. The van der Waals surface area contributed by atoms with Crippen molar-refractivity contribution in [3.05, 3.63) is 75.5 Å². The van der Waals surface area contributed by atoms with Gasteiger partial charge in [-0.2, -0.15) is 13.1 Å². The third-order valence-electron chi connectivity index (χ3n) is 7.61. The highest BCUT2D eigenvalue weighted by atomic mass is 35.5. The molecule has 2 atom stereocenters. The Morgan fingerprint density at radius 3 is 2.50 bits per heavy atom. The Bertz CT molecular complexity index is 1660. The average molecular weight is 718 g/mol. The molecule has 2 fully saturated rings. The summed E-state index contributed by atoms with van der Waals surface area (Å²) >= 11 is 14.0. The van der Waals surface area contributed by atoms with Crippen molar-refractivity contribution in [3.8, 4) is 17.2 Å². The normalized spacial score (nSPS) is 17.6. The number of ether oxygens (including phenoxy) is 4. The van der Waals surface area contributed by atoms with E-state index in [0.29, 0.717) is 39.4 Å². The van der Waals surface area contributed by atoms with Crippen LogP contribution in [0.3, 0.4) is 0 Å². The second-order valence-electron chi connectivity index (χ2n) is 10.9. The highest BCUT2D eigenvalue weighted by molar-refractivity contribution is 8.02. The van der Waals surface area contributed by atoms with Gasteiger partial charge in [0.25, 0.3) is 0 Å². The van der Waals surface area contributed by atoms with E-state index in [1.165, 1.54) is 31.6 Å². The van der Waals surface area contributed by atoms with E-state index in [2.05, 4.69) is 9.72 Å². The number of carbonyl (C=O) groups is 1. The van der Waals surface area contributed by atoms with Gasteiger partial charge >= 0.3 is 12.6 Å². The fourth-order valence-electron chi connectivity index (χ4n) is 4.98. The largest absolute Gasteiger partial charge is 0.495 e. The van der Waals surface area contributed by atoms with Crippen LogP contribution in [-0.4, -0.2) is 68.3 Å². The molecule has 1 aliphatic carbocycles. The lowest BCUT2D eigenvalue weighted by Gasteiger charge is -2.25. The quantitative estimate of drug-likeness (QED) is 0.168. The van der Waals surface area contributed by atoms with Gasteiger partial charge in [-0.15, -0.1) is 11.8 Å². The summed E-state index contributed by atoms with van der Waals surface area (Å²) in [5.74, 6) is -0.428. The summed E-state index contributed by atoms with van der Waals surface area (Å²) in [6.45, 7) is -0.996. The number of methoxy groups -OCH3 is 1. The fourth-order valence-corrected chi connectivity index (χ4v) is 8.70. The molecular formula is C31H32Cl2F2N2O7S2. The van der Waals surface area contributed by atoms with Crippen molar-refractivity contribution in [3.63, 3.8) is 0 Å². The van der Waals surface area contributed by atoms with Crippen LogP contribution in [0.5, 0.6) is 17.2 Å². The first-order chi connectivity index (χ1) is 22.0. The van der Waals surface area contributed by atoms with Crippen LogP contribution < -0.4 is 14.2 Å². The summed E-state index contributed by atoms with van der Waals surface area (Å²) in [7, 11) is -2.74. The van der Waals surface area contributed by atoms with E-state index in [4.69, 9.17) is 37.4 Å². The lowest BCUT2D eigenvalue weighted by Crippen LogP contribution is -2.40. The topological polar surface area (TPSA) is 104 Å². The molecule has 0 radical (unpaired) electrons. The van der Waals surface area contributed by atoms with Gasteiger partial charge in [0.05, 0.1) is 30.4 Å². The van der Waals surface area contributed by atoms with Crippen molar-refractivity contribution >= 4 is 51.0 Å². The lowest BCUT2D eigenvalue weighted by molar-refractivity contribution is -0.145. The summed E-state index contributed by atoms with van der Waals surface area (Å²) in [4.78, 5) is 17.5. The monoisotopic (exact) mass is 716 g/mol. The summed E-state index contributed by atoms with van der Waals surface area (Å²) < 4.78 is 76.5. The zero-order valence-corrected chi connectivity index (χ0v) is 28.1. The summed E-state index contributed by atoms with van der Waals surface area (Å²) in [6, 6.07) is 9.26. The van der Waals surface area contributed by atoms with Crippen molar-refractivity contribution in [2.45, 2.75) is 49.0 Å². The number of halogens is 4. The Balaban J connectivity index is 1.40. The lowest BCUT2D eigenvalue weighted by atomic mass is 9.92. The summed E-state index contributed by atoms with van der Waals surface area (Å²) in [5, 5.41) is -0.547. The molecule has 248 valence electrons. The second-order valence-corrected chi connectivity index (χ2v) is 14.8. The standard InChI is InChI=1S/C31H32Cl2F2N2O7S2/c1-18-3-8-28(27(11-18)41-2)46(39,40)37-9-10-45-29(37)30(38)43-17-21(12-22-23(32)14-36-15-24(22)33)20-6-7-25(44-31(34)35)26(13-20)42-16-19-4-5-19/h3,6-8,11,13-15,19,21,29,31H,4-5,9-10,12,16-17H2,1-2H3/t21-,29+/m1/s1. The Morgan fingerprint density at radius 2 is 1.83 bits per heavy atom. The van der Waals surface area contributed by atoms with Gasteiger partial charge in [-0.1, -0.05) is 35.3 Å². The van der Waals surface area contributed by atoms with Crippen molar-refractivity contribution in [2.24, 2.45) is 5.92 Å². The van der Waals surface area contributed by atoms with Crippen LogP contribution in [0.25, 0.3) is 0 Å². The molecular weight excluding hydrogens is 685 g/mol. The Labute approximate surface area is 280 Å². The number of esters is 1. The number of alkyl halides is 2. The molecule has 15 heteroatoms. The highest BCUT2D eigenvalue weighted by Gasteiger charge is 2.42. The van der Waals surface area contributed by atoms with Gasteiger partial charge in [0.15, 0.2) is 16.9 Å². The van der Waals surface area contributed by atoms with Crippen LogP contribution in [0, 0.1) is 12.8 Å². The van der Waals surface area contributed by atoms with Crippen LogP contribution in [0.1, 0.15) is 35.4 Å². The van der Waals surface area contributed by atoms with Gasteiger partial charge in [-0.25, -0.2) is 13.2 Å². The van der Waals surface area contributed by atoms with Gasteiger partial charge in [0, 0.05) is 30.6 Å². The Kier molecular flexibility index (Phi) is 11.2. The van der Waals surface area contributed by atoms with Crippen LogP contribution in [0.4, 0.5) is 8.78 Å². The van der Waals surface area contributed by atoms with E-state index in [9.17, 15) is 22.0 Å². The molecule has 2 aromatic carbocycles.